The molecule has 1 aromatic carbocycles. The standard InChI is InChI=1S/C21H26N6O2/c1-4-17-13-19(22-21-24-23-16(3)27(17)21)25-8-10-26(11-9-25)20(28)14-29-18-7-5-6-15(2)12-18/h5-7,12-13H,4,8-11,14H2,1-3H3. The molecule has 29 heavy (non-hydrogen) atoms. The quantitative estimate of drug-likeness (QED) is 0.659. The highest BCUT2D eigenvalue weighted by Crippen LogP contribution is 2.19. The molecule has 1 saturated heterocycles. The molecule has 1 amide bonds. The number of piperazine rings is 1. The van der Waals surface area contributed by atoms with Crippen molar-refractivity contribution in [2.24, 2.45) is 0 Å². The third kappa shape index (κ3) is 4.01. The van der Waals surface area contributed by atoms with Gasteiger partial charge in [-0.05, 0) is 38.0 Å². The van der Waals surface area contributed by atoms with Crippen LogP contribution in [-0.2, 0) is 11.2 Å². The zero-order chi connectivity index (χ0) is 20.4. The zero-order valence-electron chi connectivity index (χ0n) is 17.1. The van der Waals surface area contributed by atoms with Crippen LogP contribution in [0.5, 0.6) is 5.75 Å². The fourth-order valence-corrected chi connectivity index (χ4v) is 3.66. The van der Waals surface area contributed by atoms with E-state index in [-0.39, 0.29) is 12.5 Å². The number of benzene rings is 1. The third-order valence-electron chi connectivity index (χ3n) is 5.28. The van der Waals surface area contributed by atoms with Gasteiger partial charge in [0.1, 0.15) is 17.4 Å². The first-order chi connectivity index (χ1) is 14.0. The Kier molecular flexibility index (Phi) is 5.33. The predicted octanol–water partition coefficient (Wildman–Crippen LogP) is 2.03. The number of ether oxygens (including phenoxy) is 1. The second kappa shape index (κ2) is 8.06. The van der Waals surface area contributed by atoms with Gasteiger partial charge in [-0.15, -0.1) is 10.2 Å². The number of hydrogen-bond donors (Lipinski definition) is 0. The van der Waals surface area contributed by atoms with Crippen molar-refractivity contribution in [3.8, 4) is 5.75 Å². The molecule has 8 nitrogen and oxygen atoms in total. The Balaban J connectivity index is 1.38. The molecule has 0 aliphatic carbocycles. The van der Waals surface area contributed by atoms with Crippen molar-refractivity contribution in [3.63, 3.8) is 0 Å². The SMILES string of the molecule is CCc1cc(N2CCN(C(=O)COc3cccc(C)c3)CC2)nc2nnc(C)n12. The second-order valence-corrected chi connectivity index (χ2v) is 7.31. The highest BCUT2D eigenvalue weighted by molar-refractivity contribution is 5.78. The number of rotatable bonds is 5. The Morgan fingerprint density at radius 3 is 2.62 bits per heavy atom. The Morgan fingerprint density at radius 2 is 1.90 bits per heavy atom. The maximum atomic E-state index is 12.5. The Labute approximate surface area is 170 Å². The smallest absolute Gasteiger partial charge is 0.260 e. The molecule has 1 aliphatic heterocycles. The van der Waals surface area contributed by atoms with Crippen LogP contribution in [0.25, 0.3) is 5.78 Å². The number of nitrogens with zero attached hydrogens (tertiary/aromatic N) is 6. The molecule has 8 heteroatoms. The number of amides is 1. The summed E-state index contributed by atoms with van der Waals surface area (Å²) in [6.07, 6.45) is 0.875. The van der Waals surface area contributed by atoms with Crippen molar-refractivity contribution in [2.75, 3.05) is 37.7 Å². The molecule has 3 aromatic rings. The summed E-state index contributed by atoms with van der Waals surface area (Å²) in [5.41, 5.74) is 2.25. The molecule has 0 saturated carbocycles. The minimum Gasteiger partial charge on any atom is -0.484 e. The van der Waals surface area contributed by atoms with Gasteiger partial charge in [0.25, 0.3) is 11.7 Å². The van der Waals surface area contributed by atoms with E-state index in [4.69, 9.17) is 4.74 Å². The van der Waals surface area contributed by atoms with Gasteiger partial charge in [-0.2, -0.15) is 4.98 Å². The number of aryl methyl sites for hydroxylation is 3. The van der Waals surface area contributed by atoms with Crippen molar-refractivity contribution in [2.45, 2.75) is 27.2 Å². The van der Waals surface area contributed by atoms with Gasteiger partial charge < -0.3 is 14.5 Å². The average molecular weight is 394 g/mol. The molecule has 152 valence electrons. The lowest BCUT2D eigenvalue weighted by Gasteiger charge is -2.35. The predicted molar refractivity (Wildman–Crippen MR) is 110 cm³/mol. The molecule has 2 aromatic heterocycles. The average Bonchev–Trinajstić information content (AvgIpc) is 3.12. The van der Waals surface area contributed by atoms with Crippen LogP contribution in [-0.4, -0.2) is 63.2 Å². The molecule has 3 heterocycles. The van der Waals surface area contributed by atoms with Gasteiger partial charge in [0.2, 0.25) is 0 Å². The minimum absolute atomic E-state index is 0.0110. The molecule has 0 bridgehead atoms. The first kappa shape index (κ1) is 19.2. The summed E-state index contributed by atoms with van der Waals surface area (Å²) in [4.78, 5) is 21.2. The Hall–Kier alpha value is -3.16. The van der Waals surface area contributed by atoms with E-state index in [1.807, 2.05) is 47.4 Å². The largest absolute Gasteiger partial charge is 0.484 e. The van der Waals surface area contributed by atoms with E-state index < -0.39 is 0 Å². The molecule has 4 rings (SSSR count). The molecule has 1 aliphatic rings. The first-order valence-corrected chi connectivity index (χ1v) is 9.99. The number of fused-ring (bicyclic) bond motifs is 1. The van der Waals surface area contributed by atoms with Gasteiger partial charge in [-0.3, -0.25) is 9.20 Å². The summed E-state index contributed by atoms with van der Waals surface area (Å²) in [6, 6.07) is 9.84. The van der Waals surface area contributed by atoms with E-state index >= 15 is 0 Å². The van der Waals surface area contributed by atoms with Crippen molar-refractivity contribution in [3.05, 3.63) is 47.4 Å². The van der Waals surface area contributed by atoms with Crippen LogP contribution in [0.3, 0.4) is 0 Å². The lowest BCUT2D eigenvalue weighted by Crippen LogP contribution is -2.50. The van der Waals surface area contributed by atoms with Gasteiger partial charge in [0.15, 0.2) is 6.61 Å². The molecular formula is C21H26N6O2. The summed E-state index contributed by atoms with van der Waals surface area (Å²) < 4.78 is 7.65. The molecule has 0 N–H and O–H groups in total. The van der Waals surface area contributed by atoms with Crippen LogP contribution in [0.15, 0.2) is 30.3 Å². The minimum atomic E-state index is 0.0110. The van der Waals surface area contributed by atoms with Crippen LogP contribution in [0.1, 0.15) is 24.0 Å². The normalized spacial score (nSPS) is 14.4. The van der Waals surface area contributed by atoms with Gasteiger partial charge in [0.05, 0.1) is 0 Å². The van der Waals surface area contributed by atoms with Crippen molar-refractivity contribution in [1.82, 2.24) is 24.5 Å². The number of carbonyl (C=O) groups is 1. The van der Waals surface area contributed by atoms with E-state index in [0.29, 0.717) is 18.9 Å². The number of aromatic nitrogens is 4. The van der Waals surface area contributed by atoms with E-state index in [1.54, 1.807) is 0 Å². The number of hydrogen-bond acceptors (Lipinski definition) is 6. The van der Waals surface area contributed by atoms with E-state index in [1.165, 1.54) is 0 Å². The van der Waals surface area contributed by atoms with Crippen LogP contribution in [0.2, 0.25) is 0 Å². The summed E-state index contributed by atoms with van der Waals surface area (Å²) in [6.45, 7) is 8.88. The van der Waals surface area contributed by atoms with Gasteiger partial charge in [-0.25, -0.2) is 0 Å². The molecule has 1 fully saturated rings. The highest BCUT2D eigenvalue weighted by atomic mass is 16.5. The fraction of sp³-hybridized carbons (Fsp3) is 0.429. The van der Waals surface area contributed by atoms with E-state index in [2.05, 4.69) is 33.1 Å². The molecule has 0 unspecified atom stereocenters. The van der Waals surface area contributed by atoms with Gasteiger partial charge in [0, 0.05) is 37.9 Å². The number of anilines is 1. The lowest BCUT2D eigenvalue weighted by molar-refractivity contribution is -0.133. The van der Waals surface area contributed by atoms with E-state index in [9.17, 15) is 4.79 Å². The number of carbonyl (C=O) groups excluding carboxylic acids is 1. The second-order valence-electron chi connectivity index (χ2n) is 7.31. The van der Waals surface area contributed by atoms with Crippen LogP contribution >= 0.6 is 0 Å². The van der Waals surface area contributed by atoms with Crippen molar-refractivity contribution < 1.29 is 9.53 Å². The summed E-state index contributed by atoms with van der Waals surface area (Å²) in [5, 5.41) is 8.32. The highest BCUT2D eigenvalue weighted by Gasteiger charge is 2.23. The molecule has 0 atom stereocenters. The summed E-state index contributed by atoms with van der Waals surface area (Å²) in [5.74, 6) is 3.11. The van der Waals surface area contributed by atoms with Crippen LogP contribution in [0.4, 0.5) is 5.82 Å². The van der Waals surface area contributed by atoms with Gasteiger partial charge in [-0.1, -0.05) is 19.1 Å². The Bertz CT molecular complexity index is 1020. The summed E-state index contributed by atoms with van der Waals surface area (Å²) >= 11 is 0. The van der Waals surface area contributed by atoms with E-state index in [0.717, 1.165) is 48.2 Å². The molecular weight excluding hydrogens is 368 g/mol. The van der Waals surface area contributed by atoms with Crippen LogP contribution in [0, 0.1) is 13.8 Å². The third-order valence-corrected chi connectivity index (χ3v) is 5.28. The lowest BCUT2D eigenvalue weighted by atomic mass is 10.2. The zero-order valence-corrected chi connectivity index (χ0v) is 17.1. The topological polar surface area (TPSA) is 75.9 Å². The Morgan fingerprint density at radius 1 is 1.10 bits per heavy atom. The van der Waals surface area contributed by atoms with Crippen molar-refractivity contribution >= 4 is 17.5 Å². The molecule has 0 radical (unpaired) electrons. The van der Waals surface area contributed by atoms with Crippen molar-refractivity contribution in [1.29, 1.82) is 0 Å². The first-order valence-electron chi connectivity index (χ1n) is 9.99. The fourth-order valence-electron chi connectivity index (χ4n) is 3.66. The van der Waals surface area contributed by atoms with Crippen LogP contribution < -0.4 is 9.64 Å². The monoisotopic (exact) mass is 394 g/mol. The molecule has 0 spiro atoms. The maximum absolute atomic E-state index is 12.5. The maximum Gasteiger partial charge on any atom is 0.260 e. The van der Waals surface area contributed by atoms with Gasteiger partial charge >= 0.3 is 0 Å². The summed E-state index contributed by atoms with van der Waals surface area (Å²) in [7, 11) is 0.